The van der Waals surface area contributed by atoms with Crippen LogP contribution in [0.3, 0.4) is 0 Å². The molecule has 3 aliphatic heterocycles. The highest BCUT2D eigenvalue weighted by atomic mass is 35.5. The number of aliphatic hydroxyl groups is 1. The number of amides is 1. The number of carbonyl (C=O) groups is 1. The van der Waals surface area contributed by atoms with Gasteiger partial charge in [-0.25, -0.2) is 4.99 Å². The van der Waals surface area contributed by atoms with Crippen LogP contribution in [0.2, 0.25) is 5.02 Å². The van der Waals surface area contributed by atoms with Gasteiger partial charge in [0.15, 0.2) is 0 Å². The van der Waals surface area contributed by atoms with Crippen LogP contribution in [0.4, 0.5) is 11.4 Å². The van der Waals surface area contributed by atoms with Crippen molar-refractivity contribution in [1.82, 2.24) is 9.80 Å². The smallest absolute Gasteiger partial charge is 0.284 e. The van der Waals surface area contributed by atoms with E-state index in [1.54, 1.807) is 24.4 Å². The zero-order chi connectivity index (χ0) is 29.0. The second-order valence-electron chi connectivity index (χ2n) is 10.9. The van der Waals surface area contributed by atoms with Crippen molar-refractivity contribution in [3.8, 4) is 0 Å². The van der Waals surface area contributed by atoms with Gasteiger partial charge in [-0.05, 0) is 19.2 Å². The molecule has 3 aliphatic rings. The van der Waals surface area contributed by atoms with E-state index in [-0.39, 0.29) is 24.7 Å². The number of benzene rings is 2. The summed E-state index contributed by atoms with van der Waals surface area (Å²) in [5.41, 5.74) is 2.36. The first kappa shape index (κ1) is 29.3. The van der Waals surface area contributed by atoms with Crippen molar-refractivity contribution in [2.45, 2.75) is 0 Å². The summed E-state index contributed by atoms with van der Waals surface area (Å²) in [6, 6.07) is 11.6. The van der Waals surface area contributed by atoms with Crippen LogP contribution in [-0.4, -0.2) is 116 Å². The van der Waals surface area contributed by atoms with Crippen LogP contribution in [0.1, 0.15) is 11.1 Å². The molecule has 1 N–H and O–H groups in total. The summed E-state index contributed by atoms with van der Waals surface area (Å²) in [6.07, 6.45) is 1.81. The zero-order valence-corrected chi connectivity index (χ0v) is 24.0. The number of non-ortho nitro benzene ring substituents is 1. The fourth-order valence-electron chi connectivity index (χ4n) is 4.47. The Kier molecular flexibility index (Phi) is 8.99. The molecule has 212 valence electrons. The first-order valence-corrected chi connectivity index (χ1v) is 13.4. The minimum atomic E-state index is -0.463. The third-order valence-corrected chi connectivity index (χ3v) is 7.07. The lowest BCUT2D eigenvalue weighted by molar-refractivity contribution is -0.870. The van der Waals surface area contributed by atoms with E-state index in [0.717, 1.165) is 37.2 Å². The van der Waals surface area contributed by atoms with Crippen LogP contribution in [-0.2, 0) is 4.79 Å². The SMILES string of the molecule is CN1CCN(/C=C2\N=C3CN=C(c4ccccc4Cl)c4cc([N+](=O)[O-])ccc4N3C2=O)CC1.C[N+](C)(C)CCO. The molecule has 40 heavy (non-hydrogen) atoms. The van der Waals surface area contributed by atoms with E-state index in [4.69, 9.17) is 21.7 Å². The van der Waals surface area contributed by atoms with E-state index < -0.39 is 4.92 Å². The Labute approximate surface area is 239 Å². The molecule has 0 bridgehead atoms. The number of carbonyl (C=O) groups excluding carboxylic acids is 1. The normalized spacial score (nSPS) is 18.4. The number of fused-ring (bicyclic) bond motifs is 3. The Balaban J connectivity index is 0.000000470. The van der Waals surface area contributed by atoms with Crippen LogP contribution in [0.5, 0.6) is 0 Å². The molecule has 0 radical (unpaired) electrons. The maximum Gasteiger partial charge on any atom is 0.284 e. The van der Waals surface area contributed by atoms with Crippen LogP contribution in [0, 0.1) is 10.1 Å². The summed E-state index contributed by atoms with van der Waals surface area (Å²) < 4.78 is 0.844. The van der Waals surface area contributed by atoms with E-state index in [1.807, 2.05) is 12.1 Å². The average molecular weight is 569 g/mol. The molecular weight excluding hydrogens is 534 g/mol. The number of hydrogen-bond acceptors (Lipinski definition) is 8. The lowest BCUT2D eigenvalue weighted by atomic mass is 9.99. The number of hydrogen-bond donors (Lipinski definition) is 1. The van der Waals surface area contributed by atoms with Crippen LogP contribution in [0.25, 0.3) is 0 Å². The monoisotopic (exact) mass is 568 g/mol. The molecular formula is C28H35ClN7O4+. The maximum atomic E-state index is 13.4. The highest BCUT2D eigenvalue weighted by Crippen LogP contribution is 2.35. The number of anilines is 1. The van der Waals surface area contributed by atoms with Crippen molar-refractivity contribution < 1.29 is 19.3 Å². The average Bonchev–Trinajstić information content (AvgIpc) is 3.10. The van der Waals surface area contributed by atoms with Crippen molar-refractivity contribution in [2.75, 3.05) is 79.0 Å². The number of halogens is 1. The molecule has 1 saturated heterocycles. The van der Waals surface area contributed by atoms with Crippen molar-refractivity contribution in [1.29, 1.82) is 0 Å². The lowest BCUT2D eigenvalue weighted by Gasteiger charge is -2.31. The van der Waals surface area contributed by atoms with Crippen LogP contribution < -0.4 is 4.90 Å². The number of aliphatic imine (C=N–C) groups is 2. The fourth-order valence-corrected chi connectivity index (χ4v) is 4.70. The predicted molar refractivity (Wildman–Crippen MR) is 157 cm³/mol. The lowest BCUT2D eigenvalue weighted by Crippen LogP contribution is -2.42. The van der Waals surface area contributed by atoms with Gasteiger partial charge in [0, 0.05) is 60.7 Å². The molecule has 2 aromatic carbocycles. The molecule has 1 amide bonds. The van der Waals surface area contributed by atoms with Gasteiger partial charge in [0.25, 0.3) is 11.6 Å². The first-order valence-electron chi connectivity index (χ1n) is 13.0. The predicted octanol–water partition coefficient (Wildman–Crippen LogP) is 2.62. The number of rotatable bonds is 5. The van der Waals surface area contributed by atoms with Gasteiger partial charge >= 0.3 is 0 Å². The molecule has 0 aromatic heterocycles. The van der Waals surface area contributed by atoms with E-state index >= 15 is 0 Å². The van der Waals surface area contributed by atoms with Gasteiger partial charge in [-0.3, -0.25) is 24.8 Å². The second kappa shape index (κ2) is 12.3. The molecule has 12 heteroatoms. The zero-order valence-electron chi connectivity index (χ0n) is 23.2. The fraction of sp³-hybridized carbons (Fsp3) is 0.393. The number of nitro groups is 1. The highest BCUT2D eigenvalue weighted by Gasteiger charge is 2.37. The highest BCUT2D eigenvalue weighted by molar-refractivity contribution is 6.37. The largest absolute Gasteiger partial charge is 0.391 e. The molecule has 0 spiro atoms. The number of aliphatic hydroxyl groups excluding tert-OH is 1. The number of piperazine rings is 1. The molecule has 2 aromatic rings. The minimum Gasteiger partial charge on any atom is -0.391 e. The van der Waals surface area contributed by atoms with Crippen LogP contribution >= 0.6 is 11.6 Å². The van der Waals surface area contributed by atoms with E-state index in [2.05, 4.69) is 43.0 Å². The summed E-state index contributed by atoms with van der Waals surface area (Å²) in [5.74, 6) is 0.215. The molecule has 0 atom stereocenters. The maximum absolute atomic E-state index is 13.4. The summed E-state index contributed by atoms with van der Waals surface area (Å²) >= 11 is 6.43. The summed E-state index contributed by atoms with van der Waals surface area (Å²) in [5, 5.41) is 20.3. The van der Waals surface area contributed by atoms with Gasteiger partial charge in [0.05, 0.1) is 50.6 Å². The van der Waals surface area contributed by atoms with Gasteiger partial charge in [-0.1, -0.05) is 29.8 Å². The standard InChI is InChI=1S/C23H21ClN6O3.C5H14NO/c1-27-8-10-28(11-9-27)14-19-23(31)29-20-7-6-15(30(32)33)12-17(20)22(25-13-21(29)26-19)16-4-2-3-5-18(16)24;1-6(2,3)4-5-7/h2-7,12,14H,8-11,13H2,1H3;7H,4-5H2,1-3H3/q;+1/b19-14-;. The molecule has 3 heterocycles. The van der Waals surface area contributed by atoms with Crippen LogP contribution in [0.15, 0.2) is 64.3 Å². The molecule has 1 fully saturated rings. The van der Waals surface area contributed by atoms with Gasteiger partial charge in [-0.15, -0.1) is 0 Å². The third kappa shape index (κ3) is 6.73. The third-order valence-electron chi connectivity index (χ3n) is 6.74. The van der Waals surface area contributed by atoms with Crippen molar-refractivity contribution in [3.05, 3.63) is 80.6 Å². The molecule has 0 aliphatic carbocycles. The van der Waals surface area contributed by atoms with Gasteiger partial charge < -0.3 is 19.4 Å². The molecule has 5 rings (SSSR count). The number of amidine groups is 1. The van der Waals surface area contributed by atoms with Crippen molar-refractivity contribution >= 4 is 40.4 Å². The Morgan fingerprint density at radius 1 is 1.10 bits per heavy atom. The molecule has 11 nitrogen and oxygen atoms in total. The van der Waals surface area contributed by atoms with E-state index in [9.17, 15) is 14.9 Å². The van der Waals surface area contributed by atoms with Crippen molar-refractivity contribution in [3.63, 3.8) is 0 Å². The first-order chi connectivity index (χ1) is 19.0. The summed E-state index contributed by atoms with van der Waals surface area (Å²) in [6.45, 7) is 4.72. The van der Waals surface area contributed by atoms with Crippen molar-refractivity contribution in [2.24, 2.45) is 9.98 Å². The summed E-state index contributed by atoms with van der Waals surface area (Å²) in [4.78, 5) is 39.6. The second-order valence-corrected chi connectivity index (χ2v) is 11.3. The summed E-state index contributed by atoms with van der Waals surface area (Å²) in [7, 11) is 8.22. The topological polar surface area (TPSA) is 115 Å². The Morgan fingerprint density at radius 2 is 1.80 bits per heavy atom. The quantitative estimate of drug-likeness (QED) is 0.257. The Morgan fingerprint density at radius 3 is 2.40 bits per heavy atom. The van der Waals surface area contributed by atoms with Gasteiger partial charge in [0.2, 0.25) is 0 Å². The van der Waals surface area contributed by atoms with Gasteiger partial charge in [0.1, 0.15) is 18.1 Å². The number of nitrogens with zero attached hydrogens (tertiary/aromatic N) is 7. The molecule has 0 saturated carbocycles. The number of nitro benzene ring substituents is 1. The Bertz CT molecular complexity index is 1370. The van der Waals surface area contributed by atoms with Gasteiger partial charge in [-0.2, -0.15) is 0 Å². The number of quaternary nitrogens is 1. The van der Waals surface area contributed by atoms with E-state index in [0.29, 0.717) is 39.1 Å². The number of likely N-dealkylation sites (N-methyl/N-ethyl adjacent to an activating group) is 2. The minimum absolute atomic E-state index is 0.0891. The Hall–Kier alpha value is -3.64. The van der Waals surface area contributed by atoms with E-state index in [1.165, 1.54) is 17.0 Å². The molecule has 0 unspecified atom stereocenters.